The predicted molar refractivity (Wildman–Crippen MR) is 107 cm³/mol. The number of nitrogens with one attached hydrogen (secondary N) is 1. The first-order valence-electron chi connectivity index (χ1n) is 9.57. The smallest absolute Gasteiger partial charge is 0.271 e. The van der Waals surface area contributed by atoms with Crippen molar-refractivity contribution in [1.82, 2.24) is 19.7 Å². The Balaban J connectivity index is 1.65. The number of halogens is 1. The van der Waals surface area contributed by atoms with Crippen LogP contribution in [0.25, 0.3) is 16.9 Å². The van der Waals surface area contributed by atoms with E-state index < -0.39 is 5.82 Å². The Labute approximate surface area is 163 Å². The van der Waals surface area contributed by atoms with Crippen LogP contribution in [0, 0.1) is 24.6 Å². The maximum atomic E-state index is 13.5. The van der Waals surface area contributed by atoms with E-state index in [0.29, 0.717) is 23.2 Å². The average molecular weight is 381 g/mol. The first-order valence-corrected chi connectivity index (χ1v) is 9.57. The molecular formula is C21H24FN5O. The van der Waals surface area contributed by atoms with E-state index in [4.69, 9.17) is 4.98 Å². The van der Waals surface area contributed by atoms with Gasteiger partial charge in [-0.2, -0.15) is 0 Å². The number of nitrogens with zero attached hydrogens (tertiary/aromatic N) is 4. The summed E-state index contributed by atoms with van der Waals surface area (Å²) in [6.07, 6.45) is 2.98. The molecule has 0 spiro atoms. The molecule has 1 aliphatic heterocycles. The van der Waals surface area contributed by atoms with E-state index in [1.54, 1.807) is 18.3 Å². The van der Waals surface area contributed by atoms with Gasteiger partial charge >= 0.3 is 0 Å². The molecule has 7 heteroatoms. The highest BCUT2D eigenvalue weighted by Crippen LogP contribution is 2.26. The summed E-state index contributed by atoms with van der Waals surface area (Å²) in [5.41, 5.74) is 2.35. The summed E-state index contributed by atoms with van der Waals surface area (Å²) in [5, 5.41) is 3.04. The minimum atomic E-state index is -0.394. The van der Waals surface area contributed by atoms with Crippen molar-refractivity contribution >= 4 is 5.95 Å². The van der Waals surface area contributed by atoms with E-state index in [0.717, 1.165) is 30.3 Å². The molecule has 0 radical (unpaired) electrons. The lowest BCUT2D eigenvalue weighted by Gasteiger charge is -2.35. The zero-order valence-electron chi connectivity index (χ0n) is 16.3. The average Bonchev–Trinajstić information content (AvgIpc) is 3.02. The number of hydrogen-bond acceptors (Lipinski definition) is 4. The molecule has 1 aliphatic rings. The standard InChI is InChI=1S/C21H24FN5O/c1-13-7-14(2)12-26(11-13)21-23-10-18(15(3)24-21)19-9-20(28)27(25-19)17-6-4-5-16(22)8-17/h4-6,8-10,13-14,25H,7,11-12H2,1-3H3. The fraction of sp³-hybridized carbons (Fsp3) is 0.381. The summed E-state index contributed by atoms with van der Waals surface area (Å²) in [6.45, 7) is 8.33. The quantitative estimate of drug-likeness (QED) is 0.753. The first-order chi connectivity index (χ1) is 13.4. The minimum Gasteiger partial charge on any atom is -0.340 e. The second-order valence-electron chi connectivity index (χ2n) is 7.84. The number of piperidine rings is 1. The molecule has 0 bridgehead atoms. The molecule has 0 aliphatic carbocycles. The van der Waals surface area contributed by atoms with Crippen LogP contribution in [-0.2, 0) is 0 Å². The Morgan fingerprint density at radius 2 is 1.93 bits per heavy atom. The fourth-order valence-electron chi connectivity index (χ4n) is 4.04. The summed E-state index contributed by atoms with van der Waals surface area (Å²) < 4.78 is 14.8. The second kappa shape index (κ2) is 7.22. The van der Waals surface area contributed by atoms with Gasteiger partial charge in [-0.15, -0.1) is 0 Å². The lowest BCUT2D eigenvalue weighted by molar-refractivity contribution is 0.353. The molecule has 1 fully saturated rings. The Morgan fingerprint density at radius 3 is 2.61 bits per heavy atom. The number of aromatic nitrogens is 4. The third-order valence-electron chi connectivity index (χ3n) is 5.20. The molecule has 1 saturated heterocycles. The van der Waals surface area contributed by atoms with Gasteiger partial charge in [0, 0.05) is 30.9 Å². The molecular weight excluding hydrogens is 357 g/mol. The van der Waals surface area contributed by atoms with Gasteiger partial charge in [0.05, 0.1) is 17.1 Å². The van der Waals surface area contributed by atoms with E-state index in [1.807, 2.05) is 6.92 Å². The number of H-pyrrole nitrogens is 1. The van der Waals surface area contributed by atoms with Gasteiger partial charge in [0.2, 0.25) is 5.95 Å². The molecule has 3 heterocycles. The number of aromatic amines is 1. The van der Waals surface area contributed by atoms with Crippen molar-refractivity contribution in [3.05, 3.63) is 58.4 Å². The Morgan fingerprint density at radius 1 is 1.18 bits per heavy atom. The highest BCUT2D eigenvalue weighted by Gasteiger charge is 2.24. The molecule has 0 amide bonds. The molecule has 2 atom stereocenters. The SMILES string of the molecule is Cc1nc(N2CC(C)CC(C)C2)ncc1-c1cc(=O)n(-c2cccc(F)c2)[nH]1. The van der Waals surface area contributed by atoms with Crippen LogP contribution in [-0.4, -0.2) is 32.8 Å². The molecule has 2 aromatic heterocycles. The lowest BCUT2D eigenvalue weighted by Crippen LogP contribution is -2.39. The van der Waals surface area contributed by atoms with Crippen molar-refractivity contribution in [2.45, 2.75) is 27.2 Å². The molecule has 1 N–H and O–H groups in total. The number of anilines is 1. The van der Waals surface area contributed by atoms with Gasteiger partial charge in [0.1, 0.15) is 5.82 Å². The van der Waals surface area contributed by atoms with E-state index in [9.17, 15) is 9.18 Å². The number of benzene rings is 1. The van der Waals surface area contributed by atoms with Gasteiger partial charge in [-0.3, -0.25) is 9.89 Å². The molecule has 4 rings (SSSR count). The van der Waals surface area contributed by atoms with Gasteiger partial charge < -0.3 is 4.90 Å². The number of hydrogen-bond donors (Lipinski definition) is 1. The van der Waals surface area contributed by atoms with E-state index in [2.05, 4.69) is 28.8 Å². The number of aryl methyl sites for hydroxylation is 1. The predicted octanol–water partition coefficient (Wildman–Crippen LogP) is 3.55. The van der Waals surface area contributed by atoms with Crippen molar-refractivity contribution < 1.29 is 4.39 Å². The lowest BCUT2D eigenvalue weighted by atomic mass is 9.92. The van der Waals surface area contributed by atoms with Crippen LogP contribution >= 0.6 is 0 Å². The first kappa shape index (κ1) is 18.4. The summed E-state index contributed by atoms with van der Waals surface area (Å²) in [7, 11) is 0. The molecule has 3 aromatic rings. The second-order valence-corrected chi connectivity index (χ2v) is 7.84. The zero-order valence-corrected chi connectivity index (χ0v) is 16.3. The molecule has 2 unspecified atom stereocenters. The fourth-order valence-corrected chi connectivity index (χ4v) is 4.04. The van der Waals surface area contributed by atoms with E-state index >= 15 is 0 Å². The van der Waals surface area contributed by atoms with Crippen molar-refractivity contribution in [2.75, 3.05) is 18.0 Å². The highest BCUT2D eigenvalue weighted by molar-refractivity contribution is 5.61. The van der Waals surface area contributed by atoms with Crippen LogP contribution in [0.5, 0.6) is 0 Å². The van der Waals surface area contributed by atoms with Crippen LogP contribution < -0.4 is 10.5 Å². The van der Waals surface area contributed by atoms with Gasteiger partial charge in [0.15, 0.2) is 0 Å². The van der Waals surface area contributed by atoms with Crippen LogP contribution in [0.1, 0.15) is 26.0 Å². The third kappa shape index (κ3) is 3.56. The Kier molecular flexibility index (Phi) is 4.75. The summed E-state index contributed by atoms with van der Waals surface area (Å²) in [5.74, 6) is 1.56. The van der Waals surface area contributed by atoms with Crippen molar-refractivity contribution in [3.63, 3.8) is 0 Å². The summed E-state index contributed by atoms with van der Waals surface area (Å²) >= 11 is 0. The van der Waals surface area contributed by atoms with Crippen LogP contribution in [0.3, 0.4) is 0 Å². The van der Waals surface area contributed by atoms with E-state index in [1.165, 1.54) is 29.3 Å². The summed E-state index contributed by atoms with van der Waals surface area (Å²) in [6, 6.07) is 7.39. The third-order valence-corrected chi connectivity index (χ3v) is 5.20. The van der Waals surface area contributed by atoms with E-state index in [-0.39, 0.29) is 5.56 Å². The van der Waals surface area contributed by atoms with Gasteiger partial charge in [-0.25, -0.2) is 19.0 Å². The van der Waals surface area contributed by atoms with Gasteiger partial charge in [0.25, 0.3) is 5.56 Å². The maximum absolute atomic E-state index is 13.5. The maximum Gasteiger partial charge on any atom is 0.271 e. The monoisotopic (exact) mass is 381 g/mol. The normalized spacial score (nSPS) is 19.8. The zero-order chi connectivity index (χ0) is 19.8. The number of rotatable bonds is 3. The van der Waals surface area contributed by atoms with Crippen LogP contribution in [0.4, 0.5) is 10.3 Å². The van der Waals surface area contributed by atoms with Crippen molar-refractivity contribution in [2.24, 2.45) is 11.8 Å². The minimum absolute atomic E-state index is 0.261. The molecule has 146 valence electrons. The molecule has 6 nitrogen and oxygen atoms in total. The topological polar surface area (TPSA) is 66.8 Å². The van der Waals surface area contributed by atoms with Gasteiger partial charge in [-0.05, 0) is 43.4 Å². The largest absolute Gasteiger partial charge is 0.340 e. The Hall–Kier alpha value is -2.96. The highest BCUT2D eigenvalue weighted by atomic mass is 19.1. The van der Waals surface area contributed by atoms with Crippen molar-refractivity contribution in [3.8, 4) is 16.9 Å². The Bertz CT molecular complexity index is 1050. The van der Waals surface area contributed by atoms with Crippen LogP contribution in [0.2, 0.25) is 0 Å². The molecule has 0 saturated carbocycles. The van der Waals surface area contributed by atoms with Gasteiger partial charge in [-0.1, -0.05) is 19.9 Å². The molecule has 1 aromatic carbocycles. The van der Waals surface area contributed by atoms with Crippen molar-refractivity contribution in [1.29, 1.82) is 0 Å². The summed E-state index contributed by atoms with van der Waals surface area (Å²) in [4.78, 5) is 23.9. The van der Waals surface area contributed by atoms with Crippen LogP contribution in [0.15, 0.2) is 41.3 Å². The molecule has 28 heavy (non-hydrogen) atoms.